The fraction of sp³-hybridized carbons (Fsp3) is 0.350. The van der Waals surface area contributed by atoms with Crippen LogP contribution in [-0.2, 0) is 10.0 Å². The molecule has 0 aliphatic carbocycles. The summed E-state index contributed by atoms with van der Waals surface area (Å²) in [4.78, 5) is 11.6. The molecule has 2 aromatic rings. The third kappa shape index (κ3) is 5.55. The molecule has 0 saturated heterocycles. The van der Waals surface area contributed by atoms with E-state index in [-0.39, 0.29) is 16.5 Å². The summed E-state index contributed by atoms with van der Waals surface area (Å²) >= 11 is 0. The minimum atomic E-state index is -3.86. The minimum Gasteiger partial charge on any atom is -0.478 e. The number of nitrogens with one attached hydrogen (secondary N) is 2. The lowest BCUT2D eigenvalue weighted by Gasteiger charge is -2.18. The molecule has 0 spiro atoms. The minimum absolute atomic E-state index is 0.0619. The molecule has 0 amide bonds. The van der Waals surface area contributed by atoms with Crippen LogP contribution in [0.2, 0.25) is 0 Å². The molecule has 6 nitrogen and oxygen atoms in total. The molecule has 0 aliphatic heterocycles. The molecule has 7 heteroatoms. The third-order valence-corrected chi connectivity index (χ3v) is 5.83. The summed E-state index contributed by atoms with van der Waals surface area (Å²) in [5, 5.41) is 12.6. The van der Waals surface area contributed by atoms with Crippen molar-refractivity contribution in [3.63, 3.8) is 0 Å². The highest BCUT2D eigenvalue weighted by molar-refractivity contribution is 7.89. The molecule has 27 heavy (non-hydrogen) atoms. The Hall–Kier alpha value is -2.38. The molecule has 0 aliphatic rings. The maximum Gasteiger partial charge on any atom is 0.337 e. The average Bonchev–Trinajstić information content (AvgIpc) is 2.62. The standard InChI is InChI=1S/C20H26N2O4S/c1-4-8-14(2)21-19-12-11-17(13-18(19)20(23)24)27(25,26)22-15(3)16-9-6-5-7-10-16/h5-7,9-15,21-22H,4,8H2,1-3H3,(H,23,24)/t14-,15+/m1/s1. The normalized spacial score (nSPS) is 13.7. The van der Waals surface area contributed by atoms with Gasteiger partial charge in [-0.2, -0.15) is 0 Å². The molecular weight excluding hydrogens is 364 g/mol. The summed E-state index contributed by atoms with van der Waals surface area (Å²) in [6.45, 7) is 5.75. The highest BCUT2D eigenvalue weighted by atomic mass is 32.2. The Labute approximate surface area is 160 Å². The molecule has 2 atom stereocenters. The van der Waals surface area contributed by atoms with Crippen molar-refractivity contribution >= 4 is 21.7 Å². The van der Waals surface area contributed by atoms with E-state index in [1.807, 2.05) is 44.2 Å². The van der Waals surface area contributed by atoms with Crippen molar-refractivity contribution < 1.29 is 18.3 Å². The number of aromatic carboxylic acids is 1. The molecule has 2 rings (SSSR count). The average molecular weight is 391 g/mol. The number of carboxylic acids is 1. The van der Waals surface area contributed by atoms with Gasteiger partial charge in [-0.05, 0) is 44.0 Å². The molecule has 2 aromatic carbocycles. The molecular formula is C20H26N2O4S. The molecule has 0 heterocycles. The quantitative estimate of drug-likeness (QED) is 0.601. The second kappa shape index (κ2) is 9.01. The number of sulfonamides is 1. The van der Waals surface area contributed by atoms with Crippen LogP contribution in [-0.4, -0.2) is 25.5 Å². The van der Waals surface area contributed by atoms with E-state index in [0.29, 0.717) is 5.69 Å². The number of hydrogen-bond donors (Lipinski definition) is 3. The molecule has 3 N–H and O–H groups in total. The van der Waals surface area contributed by atoms with Crippen molar-refractivity contribution in [2.75, 3.05) is 5.32 Å². The predicted molar refractivity (Wildman–Crippen MR) is 107 cm³/mol. The number of carboxylic acid groups (broad SMARTS) is 1. The van der Waals surface area contributed by atoms with Crippen LogP contribution in [0.1, 0.15) is 55.6 Å². The van der Waals surface area contributed by atoms with Gasteiger partial charge < -0.3 is 10.4 Å². The van der Waals surface area contributed by atoms with Crippen molar-refractivity contribution in [1.82, 2.24) is 4.72 Å². The van der Waals surface area contributed by atoms with Gasteiger partial charge in [0.2, 0.25) is 10.0 Å². The Bertz CT molecular complexity index is 882. The van der Waals surface area contributed by atoms with E-state index in [4.69, 9.17) is 0 Å². The van der Waals surface area contributed by atoms with Gasteiger partial charge in [-0.1, -0.05) is 43.7 Å². The lowest BCUT2D eigenvalue weighted by atomic mass is 10.1. The van der Waals surface area contributed by atoms with Gasteiger partial charge in [0, 0.05) is 17.8 Å². The van der Waals surface area contributed by atoms with Crippen LogP contribution >= 0.6 is 0 Å². The predicted octanol–water partition coefficient (Wildman–Crippen LogP) is 4.02. The van der Waals surface area contributed by atoms with Crippen molar-refractivity contribution in [3.8, 4) is 0 Å². The van der Waals surface area contributed by atoms with Crippen molar-refractivity contribution in [3.05, 3.63) is 59.7 Å². The Morgan fingerprint density at radius 3 is 2.37 bits per heavy atom. The lowest BCUT2D eigenvalue weighted by Crippen LogP contribution is -2.27. The van der Waals surface area contributed by atoms with Gasteiger partial charge in [-0.25, -0.2) is 17.9 Å². The van der Waals surface area contributed by atoms with Crippen molar-refractivity contribution in [1.29, 1.82) is 0 Å². The SMILES string of the molecule is CCC[C@@H](C)Nc1ccc(S(=O)(=O)N[C@@H](C)c2ccccc2)cc1C(=O)O. The molecule has 0 aromatic heterocycles. The maximum absolute atomic E-state index is 12.7. The molecule has 0 fully saturated rings. The number of benzene rings is 2. The molecule has 0 bridgehead atoms. The number of carbonyl (C=O) groups is 1. The van der Waals surface area contributed by atoms with Crippen LogP contribution in [0.25, 0.3) is 0 Å². The molecule has 0 unspecified atom stereocenters. The summed E-state index contributed by atoms with van der Waals surface area (Å²) in [6.07, 6.45) is 1.85. The summed E-state index contributed by atoms with van der Waals surface area (Å²) < 4.78 is 28.0. The van der Waals surface area contributed by atoms with Crippen molar-refractivity contribution in [2.24, 2.45) is 0 Å². The summed E-state index contributed by atoms with van der Waals surface area (Å²) in [6, 6.07) is 13.0. The van der Waals surface area contributed by atoms with Gasteiger partial charge >= 0.3 is 5.97 Å². The highest BCUT2D eigenvalue weighted by Gasteiger charge is 2.22. The van der Waals surface area contributed by atoms with Gasteiger partial charge in [0.1, 0.15) is 0 Å². The summed E-state index contributed by atoms with van der Waals surface area (Å²) in [7, 11) is -3.86. The van der Waals surface area contributed by atoms with E-state index in [1.165, 1.54) is 18.2 Å². The van der Waals surface area contributed by atoms with E-state index in [1.54, 1.807) is 6.92 Å². The zero-order chi connectivity index (χ0) is 20.0. The van der Waals surface area contributed by atoms with Gasteiger partial charge in [0.15, 0.2) is 0 Å². The topological polar surface area (TPSA) is 95.5 Å². The first-order valence-corrected chi connectivity index (χ1v) is 10.4. The lowest BCUT2D eigenvalue weighted by molar-refractivity contribution is 0.0697. The molecule has 0 radical (unpaired) electrons. The third-order valence-electron chi connectivity index (χ3n) is 4.29. The Morgan fingerprint density at radius 2 is 1.78 bits per heavy atom. The van der Waals surface area contributed by atoms with E-state index in [0.717, 1.165) is 18.4 Å². The fourth-order valence-electron chi connectivity index (χ4n) is 2.87. The first kappa shape index (κ1) is 20.9. The van der Waals surface area contributed by atoms with Crippen LogP contribution in [0.4, 0.5) is 5.69 Å². The molecule has 146 valence electrons. The van der Waals surface area contributed by atoms with Gasteiger partial charge in [-0.3, -0.25) is 0 Å². The van der Waals surface area contributed by atoms with Gasteiger partial charge in [0.25, 0.3) is 0 Å². The van der Waals surface area contributed by atoms with E-state index >= 15 is 0 Å². The molecule has 0 saturated carbocycles. The van der Waals surface area contributed by atoms with E-state index < -0.39 is 22.0 Å². The zero-order valence-corrected chi connectivity index (χ0v) is 16.6. The number of hydrogen-bond acceptors (Lipinski definition) is 4. The van der Waals surface area contributed by atoms with Crippen LogP contribution in [0.5, 0.6) is 0 Å². The zero-order valence-electron chi connectivity index (χ0n) is 15.8. The summed E-state index contributed by atoms with van der Waals surface area (Å²) in [5.74, 6) is -1.17. The smallest absolute Gasteiger partial charge is 0.337 e. The highest BCUT2D eigenvalue weighted by Crippen LogP contribution is 2.23. The summed E-state index contributed by atoms with van der Waals surface area (Å²) in [5.41, 5.74) is 1.18. The van der Waals surface area contributed by atoms with Crippen LogP contribution in [0.3, 0.4) is 0 Å². The van der Waals surface area contributed by atoms with Crippen LogP contribution in [0, 0.1) is 0 Å². The maximum atomic E-state index is 12.7. The first-order chi connectivity index (χ1) is 12.7. The number of anilines is 1. The fourth-order valence-corrected chi connectivity index (χ4v) is 4.13. The van der Waals surface area contributed by atoms with Crippen LogP contribution < -0.4 is 10.0 Å². The Kier molecular flexibility index (Phi) is 6.98. The Morgan fingerprint density at radius 1 is 1.11 bits per heavy atom. The largest absolute Gasteiger partial charge is 0.478 e. The second-order valence-corrected chi connectivity index (χ2v) is 8.31. The second-order valence-electron chi connectivity index (χ2n) is 6.60. The monoisotopic (exact) mass is 390 g/mol. The van der Waals surface area contributed by atoms with Crippen molar-refractivity contribution in [2.45, 2.75) is 50.6 Å². The van der Waals surface area contributed by atoms with Gasteiger partial charge in [0.05, 0.1) is 10.5 Å². The number of rotatable bonds is 9. The van der Waals surface area contributed by atoms with Gasteiger partial charge in [-0.15, -0.1) is 0 Å². The van der Waals surface area contributed by atoms with E-state index in [2.05, 4.69) is 10.0 Å². The Balaban J connectivity index is 2.29. The van der Waals surface area contributed by atoms with E-state index in [9.17, 15) is 18.3 Å². The van der Waals surface area contributed by atoms with Crippen LogP contribution in [0.15, 0.2) is 53.4 Å². The first-order valence-electron chi connectivity index (χ1n) is 8.95.